The summed E-state index contributed by atoms with van der Waals surface area (Å²) in [5.41, 5.74) is 0.366. The van der Waals surface area contributed by atoms with E-state index in [0.717, 1.165) is 18.4 Å². The van der Waals surface area contributed by atoms with Crippen LogP contribution in [-0.4, -0.2) is 17.7 Å². The monoisotopic (exact) mass is 234 g/mol. The van der Waals surface area contributed by atoms with Crippen LogP contribution >= 0.6 is 0 Å². The van der Waals surface area contributed by atoms with Gasteiger partial charge in [0.05, 0.1) is 18.6 Å². The van der Waals surface area contributed by atoms with E-state index in [-0.39, 0.29) is 5.92 Å². The molecule has 92 valence electrons. The first-order chi connectivity index (χ1) is 8.13. The Hall–Kier alpha value is -1.35. The van der Waals surface area contributed by atoms with Crippen molar-refractivity contribution in [2.45, 2.75) is 26.4 Å². The molecule has 1 aromatic rings. The van der Waals surface area contributed by atoms with Crippen molar-refractivity contribution in [3.63, 3.8) is 0 Å². The van der Waals surface area contributed by atoms with Crippen LogP contribution in [0.25, 0.3) is 0 Å². The van der Waals surface area contributed by atoms with Crippen LogP contribution in [0.4, 0.5) is 0 Å². The largest absolute Gasteiger partial charge is 0.481 e. The molecule has 17 heavy (non-hydrogen) atoms. The fourth-order valence-electron chi connectivity index (χ4n) is 2.03. The smallest absolute Gasteiger partial charge is 0.311 e. The van der Waals surface area contributed by atoms with E-state index >= 15 is 0 Å². The molecule has 3 nitrogen and oxygen atoms in total. The van der Waals surface area contributed by atoms with Gasteiger partial charge in [0, 0.05) is 0 Å². The van der Waals surface area contributed by atoms with E-state index in [1.54, 1.807) is 6.92 Å². The summed E-state index contributed by atoms with van der Waals surface area (Å²) in [5.74, 6) is -0.455. The third kappa shape index (κ3) is 2.86. The van der Waals surface area contributed by atoms with E-state index < -0.39 is 11.4 Å². The van der Waals surface area contributed by atoms with Gasteiger partial charge in [-0.15, -0.1) is 0 Å². The van der Waals surface area contributed by atoms with Crippen molar-refractivity contribution < 1.29 is 14.6 Å². The highest BCUT2D eigenvalue weighted by Crippen LogP contribution is 2.45. The van der Waals surface area contributed by atoms with Crippen molar-refractivity contribution in [1.82, 2.24) is 0 Å². The van der Waals surface area contributed by atoms with Crippen LogP contribution in [-0.2, 0) is 16.1 Å². The van der Waals surface area contributed by atoms with Crippen LogP contribution in [0.2, 0.25) is 0 Å². The van der Waals surface area contributed by atoms with E-state index in [9.17, 15) is 9.90 Å². The molecule has 1 atom stereocenters. The van der Waals surface area contributed by atoms with Crippen LogP contribution in [0, 0.1) is 11.3 Å². The third-order valence-electron chi connectivity index (χ3n) is 3.48. The second kappa shape index (κ2) is 4.88. The zero-order valence-corrected chi connectivity index (χ0v) is 10.1. The van der Waals surface area contributed by atoms with Gasteiger partial charge in [0.2, 0.25) is 0 Å². The van der Waals surface area contributed by atoms with Gasteiger partial charge in [-0.3, -0.25) is 4.79 Å². The number of carboxylic acid groups (broad SMARTS) is 1. The minimum Gasteiger partial charge on any atom is -0.481 e. The van der Waals surface area contributed by atoms with Crippen LogP contribution < -0.4 is 0 Å². The lowest BCUT2D eigenvalue weighted by Crippen LogP contribution is -2.34. The zero-order chi connectivity index (χ0) is 12.3. The maximum Gasteiger partial charge on any atom is 0.311 e. The van der Waals surface area contributed by atoms with Crippen molar-refractivity contribution in [1.29, 1.82) is 0 Å². The number of hydrogen-bond donors (Lipinski definition) is 1. The molecule has 0 spiro atoms. The Morgan fingerprint density at radius 2 is 2.06 bits per heavy atom. The molecule has 0 bridgehead atoms. The quantitative estimate of drug-likeness (QED) is 0.823. The average Bonchev–Trinajstić information content (AvgIpc) is 3.14. The Labute approximate surface area is 101 Å². The Kier molecular flexibility index (Phi) is 3.48. The lowest BCUT2D eigenvalue weighted by Gasteiger charge is -2.24. The van der Waals surface area contributed by atoms with Crippen LogP contribution in [0.1, 0.15) is 25.3 Å². The van der Waals surface area contributed by atoms with Gasteiger partial charge >= 0.3 is 5.97 Å². The molecule has 0 saturated heterocycles. The maximum absolute atomic E-state index is 11.3. The molecule has 1 N–H and O–H groups in total. The molecule has 1 fully saturated rings. The molecule has 1 aliphatic carbocycles. The Balaban J connectivity index is 1.86. The molecule has 2 rings (SSSR count). The van der Waals surface area contributed by atoms with Gasteiger partial charge in [-0.05, 0) is 31.2 Å². The summed E-state index contributed by atoms with van der Waals surface area (Å²) in [4.78, 5) is 11.3. The number of aliphatic carboxylic acids is 1. The van der Waals surface area contributed by atoms with Gasteiger partial charge in [-0.25, -0.2) is 0 Å². The van der Waals surface area contributed by atoms with Gasteiger partial charge in [0.1, 0.15) is 0 Å². The molecule has 1 unspecified atom stereocenters. The summed E-state index contributed by atoms with van der Waals surface area (Å²) in [5, 5.41) is 9.26. The van der Waals surface area contributed by atoms with Crippen molar-refractivity contribution in [3.05, 3.63) is 35.9 Å². The van der Waals surface area contributed by atoms with Crippen LogP contribution in [0.5, 0.6) is 0 Å². The predicted octanol–water partition coefficient (Wildman–Crippen LogP) is 2.70. The minimum atomic E-state index is -0.743. The zero-order valence-electron chi connectivity index (χ0n) is 10.1. The highest BCUT2D eigenvalue weighted by Gasteiger charge is 2.47. The standard InChI is InChI=1S/C14H18O3/c1-14(13(15)16,12-7-8-12)10-17-9-11-5-3-2-4-6-11/h2-6,12H,7-10H2,1H3,(H,15,16). The van der Waals surface area contributed by atoms with Gasteiger partial charge in [-0.1, -0.05) is 30.3 Å². The van der Waals surface area contributed by atoms with E-state index in [4.69, 9.17) is 4.74 Å². The average molecular weight is 234 g/mol. The Morgan fingerprint density at radius 1 is 1.41 bits per heavy atom. The normalized spacial score (nSPS) is 18.6. The Bertz CT molecular complexity index is 384. The molecular weight excluding hydrogens is 216 g/mol. The summed E-state index contributed by atoms with van der Waals surface area (Å²) in [6.45, 7) is 2.57. The van der Waals surface area contributed by atoms with Crippen molar-refractivity contribution in [3.8, 4) is 0 Å². The molecular formula is C14H18O3. The van der Waals surface area contributed by atoms with Crippen molar-refractivity contribution in [2.75, 3.05) is 6.61 Å². The second-order valence-electron chi connectivity index (χ2n) is 4.98. The highest BCUT2D eigenvalue weighted by molar-refractivity contribution is 5.75. The molecule has 3 heteroatoms. The summed E-state index contributed by atoms with van der Waals surface area (Å²) in [6.07, 6.45) is 2.02. The van der Waals surface area contributed by atoms with Crippen LogP contribution in [0.15, 0.2) is 30.3 Å². The highest BCUT2D eigenvalue weighted by atomic mass is 16.5. The number of carbonyl (C=O) groups is 1. The molecule has 0 aromatic heterocycles. The summed E-state index contributed by atoms with van der Waals surface area (Å²) >= 11 is 0. The number of ether oxygens (including phenoxy) is 1. The fraction of sp³-hybridized carbons (Fsp3) is 0.500. The minimum absolute atomic E-state index is 0.288. The van der Waals surface area contributed by atoms with Crippen LogP contribution in [0.3, 0.4) is 0 Å². The maximum atomic E-state index is 11.3. The predicted molar refractivity (Wildman–Crippen MR) is 64.6 cm³/mol. The number of rotatable bonds is 6. The number of hydrogen-bond acceptors (Lipinski definition) is 2. The summed E-state index contributed by atoms with van der Waals surface area (Å²) in [7, 11) is 0. The van der Waals surface area contributed by atoms with E-state index in [1.165, 1.54) is 0 Å². The number of carboxylic acids is 1. The van der Waals surface area contributed by atoms with Gasteiger partial charge < -0.3 is 9.84 Å². The van der Waals surface area contributed by atoms with E-state index in [1.807, 2.05) is 30.3 Å². The van der Waals surface area contributed by atoms with Gasteiger partial charge in [0.15, 0.2) is 0 Å². The lowest BCUT2D eigenvalue weighted by molar-refractivity contribution is -0.153. The van der Waals surface area contributed by atoms with E-state index in [0.29, 0.717) is 13.2 Å². The summed E-state index contributed by atoms with van der Waals surface area (Å²) in [6, 6.07) is 9.82. The van der Waals surface area contributed by atoms with Crippen molar-refractivity contribution >= 4 is 5.97 Å². The molecule has 1 aliphatic rings. The SMILES string of the molecule is CC(COCc1ccccc1)(C(=O)O)C1CC1. The topological polar surface area (TPSA) is 46.5 Å². The van der Waals surface area contributed by atoms with Crippen molar-refractivity contribution in [2.24, 2.45) is 11.3 Å². The fourth-order valence-corrected chi connectivity index (χ4v) is 2.03. The Morgan fingerprint density at radius 3 is 2.59 bits per heavy atom. The first-order valence-corrected chi connectivity index (χ1v) is 5.98. The van der Waals surface area contributed by atoms with E-state index in [2.05, 4.69) is 0 Å². The number of benzene rings is 1. The van der Waals surface area contributed by atoms with Gasteiger partial charge in [-0.2, -0.15) is 0 Å². The summed E-state index contributed by atoms with van der Waals surface area (Å²) < 4.78 is 5.57. The molecule has 0 heterocycles. The molecule has 1 aromatic carbocycles. The molecule has 0 radical (unpaired) electrons. The first kappa shape index (κ1) is 12.1. The molecule has 1 saturated carbocycles. The third-order valence-corrected chi connectivity index (χ3v) is 3.48. The van der Waals surface area contributed by atoms with Gasteiger partial charge in [0.25, 0.3) is 0 Å². The second-order valence-corrected chi connectivity index (χ2v) is 4.98. The lowest BCUT2D eigenvalue weighted by atomic mass is 9.86. The molecule has 0 aliphatic heterocycles. The first-order valence-electron chi connectivity index (χ1n) is 5.98. The molecule has 0 amide bonds.